The van der Waals surface area contributed by atoms with E-state index in [0.29, 0.717) is 6.61 Å². The molecule has 0 spiro atoms. The summed E-state index contributed by atoms with van der Waals surface area (Å²) in [6.45, 7) is 4.63. The van der Waals surface area contributed by atoms with E-state index in [1.54, 1.807) is 7.11 Å². The van der Waals surface area contributed by atoms with Crippen LogP contribution in [0.15, 0.2) is 24.3 Å². The standard InChI is InChI=1S/C12H19NO2/c1-4-15-9(2)12(13)10-6-5-7-11(8-10)14-3/h5-9,12H,4,13H2,1-3H3. The summed E-state index contributed by atoms with van der Waals surface area (Å²) < 4.78 is 10.6. The molecule has 3 nitrogen and oxygen atoms in total. The molecular weight excluding hydrogens is 190 g/mol. The molecule has 0 saturated heterocycles. The van der Waals surface area contributed by atoms with Crippen LogP contribution in [0.1, 0.15) is 25.5 Å². The molecule has 1 aromatic carbocycles. The molecule has 0 fully saturated rings. The predicted octanol–water partition coefficient (Wildman–Crippen LogP) is 2.12. The van der Waals surface area contributed by atoms with Crippen LogP contribution in [0.4, 0.5) is 0 Å². The molecule has 0 aliphatic rings. The topological polar surface area (TPSA) is 44.5 Å². The minimum absolute atomic E-state index is 0.0158. The highest BCUT2D eigenvalue weighted by atomic mass is 16.5. The van der Waals surface area contributed by atoms with Gasteiger partial charge in [0.15, 0.2) is 0 Å². The second-order valence-electron chi connectivity index (χ2n) is 3.46. The van der Waals surface area contributed by atoms with E-state index in [1.807, 2.05) is 38.1 Å². The Labute approximate surface area is 91.2 Å². The van der Waals surface area contributed by atoms with Crippen molar-refractivity contribution in [3.05, 3.63) is 29.8 Å². The number of methoxy groups -OCH3 is 1. The first-order chi connectivity index (χ1) is 7.19. The van der Waals surface area contributed by atoms with E-state index < -0.39 is 0 Å². The van der Waals surface area contributed by atoms with E-state index in [4.69, 9.17) is 15.2 Å². The third-order valence-corrected chi connectivity index (χ3v) is 2.41. The van der Waals surface area contributed by atoms with Gasteiger partial charge in [-0.3, -0.25) is 0 Å². The molecule has 0 aliphatic heterocycles. The Morgan fingerprint density at radius 2 is 2.13 bits per heavy atom. The third-order valence-electron chi connectivity index (χ3n) is 2.41. The molecular formula is C12H19NO2. The first-order valence-electron chi connectivity index (χ1n) is 5.20. The van der Waals surface area contributed by atoms with Gasteiger partial charge in [0.25, 0.3) is 0 Å². The molecule has 15 heavy (non-hydrogen) atoms. The van der Waals surface area contributed by atoms with Crippen LogP contribution in [0.25, 0.3) is 0 Å². The van der Waals surface area contributed by atoms with Gasteiger partial charge in [-0.25, -0.2) is 0 Å². The van der Waals surface area contributed by atoms with Crippen molar-refractivity contribution in [3.63, 3.8) is 0 Å². The molecule has 2 N–H and O–H groups in total. The highest BCUT2D eigenvalue weighted by Gasteiger charge is 2.15. The van der Waals surface area contributed by atoms with Crippen LogP contribution in [0.3, 0.4) is 0 Å². The van der Waals surface area contributed by atoms with E-state index in [-0.39, 0.29) is 12.1 Å². The highest BCUT2D eigenvalue weighted by Crippen LogP contribution is 2.21. The van der Waals surface area contributed by atoms with Crippen LogP contribution < -0.4 is 10.5 Å². The van der Waals surface area contributed by atoms with Gasteiger partial charge in [0.05, 0.1) is 19.3 Å². The van der Waals surface area contributed by atoms with Gasteiger partial charge < -0.3 is 15.2 Å². The van der Waals surface area contributed by atoms with Gasteiger partial charge in [-0.1, -0.05) is 12.1 Å². The number of benzene rings is 1. The Bertz CT molecular complexity index is 301. The average Bonchev–Trinajstić information content (AvgIpc) is 2.28. The maximum absolute atomic E-state index is 6.07. The minimum Gasteiger partial charge on any atom is -0.497 e. The second kappa shape index (κ2) is 5.73. The van der Waals surface area contributed by atoms with Crippen LogP contribution in [-0.4, -0.2) is 19.8 Å². The molecule has 0 aliphatic carbocycles. The summed E-state index contributed by atoms with van der Waals surface area (Å²) in [7, 11) is 1.65. The quantitative estimate of drug-likeness (QED) is 0.807. The Balaban J connectivity index is 2.76. The lowest BCUT2D eigenvalue weighted by atomic mass is 10.0. The van der Waals surface area contributed by atoms with Crippen LogP contribution in [0, 0.1) is 0 Å². The van der Waals surface area contributed by atoms with Crippen molar-refractivity contribution in [3.8, 4) is 5.75 Å². The SMILES string of the molecule is CCOC(C)C(N)c1cccc(OC)c1. The third kappa shape index (κ3) is 3.22. The summed E-state index contributed by atoms with van der Waals surface area (Å²) in [5.74, 6) is 0.826. The molecule has 84 valence electrons. The van der Waals surface area contributed by atoms with Gasteiger partial charge in [-0.15, -0.1) is 0 Å². The normalized spacial score (nSPS) is 14.7. The second-order valence-corrected chi connectivity index (χ2v) is 3.46. The summed E-state index contributed by atoms with van der Waals surface area (Å²) in [6.07, 6.45) is 0.0158. The van der Waals surface area contributed by atoms with E-state index >= 15 is 0 Å². The van der Waals surface area contributed by atoms with Crippen molar-refractivity contribution in [1.29, 1.82) is 0 Å². The van der Waals surface area contributed by atoms with Gasteiger partial charge in [0, 0.05) is 6.61 Å². The van der Waals surface area contributed by atoms with Crippen molar-refractivity contribution < 1.29 is 9.47 Å². The number of hydrogen-bond donors (Lipinski definition) is 1. The number of nitrogens with two attached hydrogens (primary N) is 1. The molecule has 0 amide bonds. The van der Waals surface area contributed by atoms with Crippen molar-refractivity contribution in [2.24, 2.45) is 5.73 Å². The molecule has 1 aromatic rings. The molecule has 0 aromatic heterocycles. The zero-order chi connectivity index (χ0) is 11.3. The predicted molar refractivity (Wildman–Crippen MR) is 61.0 cm³/mol. The molecule has 3 heteroatoms. The largest absolute Gasteiger partial charge is 0.497 e. The Hall–Kier alpha value is -1.06. The fraction of sp³-hybridized carbons (Fsp3) is 0.500. The average molecular weight is 209 g/mol. The smallest absolute Gasteiger partial charge is 0.119 e. The fourth-order valence-electron chi connectivity index (χ4n) is 1.49. The van der Waals surface area contributed by atoms with Crippen molar-refractivity contribution >= 4 is 0 Å². The summed E-state index contributed by atoms with van der Waals surface area (Å²) in [5, 5.41) is 0. The van der Waals surface area contributed by atoms with Crippen LogP contribution >= 0.6 is 0 Å². The Kier molecular flexibility index (Phi) is 4.59. The van der Waals surface area contributed by atoms with E-state index in [2.05, 4.69) is 0 Å². The lowest BCUT2D eigenvalue weighted by Crippen LogP contribution is -2.26. The molecule has 0 heterocycles. The Morgan fingerprint density at radius 3 is 2.73 bits per heavy atom. The zero-order valence-electron chi connectivity index (χ0n) is 9.57. The lowest BCUT2D eigenvalue weighted by molar-refractivity contribution is 0.0574. The fourth-order valence-corrected chi connectivity index (χ4v) is 1.49. The van der Waals surface area contributed by atoms with Crippen LogP contribution in [0.2, 0.25) is 0 Å². The molecule has 0 saturated carbocycles. The highest BCUT2D eigenvalue weighted by molar-refractivity contribution is 5.30. The molecule has 0 radical (unpaired) electrons. The first-order valence-corrected chi connectivity index (χ1v) is 5.20. The van der Waals surface area contributed by atoms with Gasteiger partial charge in [0.1, 0.15) is 5.75 Å². The summed E-state index contributed by atoms with van der Waals surface area (Å²) in [6, 6.07) is 7.66. The summed E-state index contributed by atoms with van der Waals surface area (Å²) in [4.78, 5) is 0. The Morgan fingerprint density at radius 1 is 1.40 bits per heavy atom. The van der Waals surface area contributed by atoms with Crippen LogP contribution in [0.5, 0.6) is 5.75 Å². The van der Waals surface area contributed by atoms with Crippen molar-refractivity contribution in [1.82, 2.24) is 0 Å². The monoisotopic (exact) mass is 209 g/mol. The van der Waals surface area contributed by atoms with Crippen molar-refractivity contribution in [2.75, 3.05) is 13.7 Å². The number of ether oxygens (including phenoxy) is 2. The van der Waals surface area contributed by atoms with Gasteiger partial charge >= 0.3 is 0 Å². The van der Waals surface area contributed by atoms with Gasteiger partial charge in [-0.2, -0.15) is 0 Å². The van der Waals surface area contributed by atoms with Crippen LogP contribution in [-0.2, 0) is 4.74 Å². The van der Waals surface area contributed by atoms with Gasteiger partial charge in [0.2, 0.25) is 0 Å². The molecule has 2 atom stereocenters. The molecule has 0 bridgehead atoms. The lowest BCUT2D eigenvalue weighted by Gasteiger charge is -2.20. The number of rotatable bonds is 5. The van der Waals surface area contributed by atoms with Gasteiger partial charge in [-0.05, 0) is 31.5 Å². The van der Waals surface area contributed by atoms with E-state index in [1.165, 1.54) is 0 Å². The molecule has 1 rings (SSSR count). The molecule has 2 unspecified atom stereocenters. The summed E-state index contributed by atoms with van der Waals surface area (Å²) in [5.41, 5.74) is 7.10. The minimum atomic E-state index is -0.111. The maximum atomic E-state index is 6.07. The zero-order valence-corrected chi connectivity index (χ0v) is 9.57. The van der Waals surface area contributed by atoms with E-state index in [9.17, 15) is 0 Å². The first kappa shape index (κ1) is 12.0. The number of hydrogen-bond acceptors (Lipinski definition) is 3. The summed E-state index contributed by atoms with van der Waals surface area (Å²) >= 11 is 0. The van der Waals surface area contributed by atoms with E-state index in [0.717, 1.165) is 11.3 Å². The van der Waals surface area contributed by atoms with Crippen molar-refractivity contribution in [2.45, 2.75) is 26.0 Å². The maximum Gasteiger partial charge on any atom is 0.119 e.